The van der Waals surface area contributed by atoms with Gasteiger partial charge in [-0.2, -0.15) is 0 Å². The third kappa shape index (κ3) is 1.65. The zero-order valence-electron chi connectivity index (χ0n) is 7.18. The molecule has 2 aromatic heterocycles. The molecule has 2 rings (SSSR count). The maximum absolute atomic E-state index is 10.5. The number of rotatable bonds is 2. The Balaban J connectivity index is 2.43. The first-order chi connectivity index (χ1) is 6.79. The molecule has 2 heterocycles. The van der Waals surface area contributed by atoms with Crippen molar-refractivity contribution in [3.8, 4) is 16.9 Å². The summed E-state index contributed by atoms with van der Waals surface area (Å²) in [5.41, 5.74) is 1.72. The monoisotopic (exact) mass is 205 g/mol. The first kappa shape index (κ1) is 8.90. The Morgan fingerprint density at radius 1 is 1.29 bits per heavy atom. The van der Waals surface area contributed by atoms with Gasteiger partial charge in [-0.25, -0.2) is 0 Å². The van der Waals surface area contributed by atoms with Gasteiger partial charge in [0, 0.05) is 11.8 Å². The van der Waals surface area contributed by atoms with Gasteiger partial charge >= 0.3 is 0 Å². The molecule has 0 bridgehead atoms. The molecule has 0 aromatic carbocycles. The Labute approximate surface area is 84.7 Å². The van der Waals surface area contributed by atoms with Crippen molar-refractivity contribution in [2.75, 3.05) is 0 Å². The molecule has 0 atom stereocenters. The van der Waals surface area contributed by atoms with Crippen LogP contribution in [0.5, 0.6) is 5.75 Å². The van der Waals surface area contributed by atoms with Crippen LogP contribution in [-0.4, -0.2) is 16.4 Å². The highest BCUT2D eigenvalue weighted by atomic mass is 32.1. The van der Waals surface area contributed by atoms with Crippen LogP contribution in [0, 0.1) is 0 Å². The lowest BCUT2D eigenvalue weighted by Crippen LogP contribution is -1.76. The fourth-order valence-corrected chi connectivity index (χ4v) is 1.87. The maximum Gasteiger partial charge on any atom is 0.160 e. The average Bonchev–Trinajstić information content (AvgIpc) is 2.66. The summed E-state index contributed by atoms with van der Waals surface area (Å²) < 4.78 is 0. The van der Waals surface area contributed by atoms with Gasteiger partial charge in [0.1, 0.15) is 5.75 Å². The number of thiophene rings is 1. The topological polar surface area (TPSA) is 50.2 Å². The van der Waals surface area contributed by atoms with Crippen molar-refractivity contribution in [2.24, 2.45) is 0 Å². The van der Waals surface area contributed by atoms with E-state index in [0.29, 0.717) is 4.88 Å². The molecule has 0 aliphatic carbocycles. The molecule has 0 saturated heterocycles. The predicted molar refractivity (Wildman–Crippen MR) is 54.6 cm³/mol. The Morgan fingerprint density at radius 3 is 2.79 bits per heavy atom. The van der Waals surface area contributed by atoms with Crippen LogP contribution in [0.1, 0.15) is 9.67 Å². The number of hydrogen-bond acceptors (Lipinski definition) is 4. The quantitative estimate of drug-likeness (QED) is 0.765. The number of aromatic hydroxyl groups is 1. The zero-order chi connectivity index (χ0) is 9.97. The van der Waals surface area contributed by atoms with Gasteiger partial charge in [-0.3, -0.25) is 9.78 Å². The molecular weight excluding hydrogens is 198 g/mol. The van der Waals surface area contributed by atoms with Crippen molar-refractivity contribution in [1.29, 1.82) is 0 Å². The molecule has 0 fully saturated rings. The lowest BCUT2D eigenvalue weighted by atomic mass is 10.1. The molecule has 0 aliphatic heterocycles. The lowest BCUT2D eigenvalue weighted by Gasteiger charge is -1.96. The number of nitrogens with zero attached hydrogens (tertiary/aromatic N) is 1. The summed E-state index contributed by atoms with van der Waals surface area (Å²) in [6.07, 6.45) is 3.83. The lowest BCUT2D eigenvalue weighted by molar-refractivity contribution is 0.112. The molecule has 14 heavy (non-hydrogen) atoms. The number of hydrogen-bond donors (Lipinski definition) is 1. The summed E-state index contributed by atoms with van der Waals surface area (Å²) in [5.74, 6) is 0.126. The normalized spacial score (nSPS) is 10.0. The second-order valence-electron chi connectivity index (χ2n) is 2.79. The van der Waals surface area contributed by atoms with E-state index in [2.05, 4.69) is 4.98 Å². The maximum atomic E-state index is 10.5. The van der Waals surface area contributed by atoms with Crippen LogP contribution in [0.15, 0.2) is 29.9 Å². The van der Waals surface area contributed by atoms with E-state index in [0.717, 1.165) is 17.4 Å². The van der Waals surface area contributed by atoms with Crippen molar-refractivity contribution < 1.29 is 9.90 Å². The average molecular weight is 205 g/mol. The van der Waals surface area contributed by atoms with Crippen LogP contribution in [0.3, 0.4) is 0 Å². The highest BCUT2D eigenvalue weighted by Gasteiger charge is 2.02. The Kier molecular flexibility index (Phi) is 2.28. The van der Waals surface area contributed by atoms with Crippen LogP contribution in [0.4, 0.5) is 0 Å². The van der Waals surface area contributed by atoms with Crippen molar-refractivity contribution in [3.63, 3.8) is 0 Å². The van der Waals surface area contributed by atoms with E-state index >= 15 is 0 Å². The van der Waals surface area contributed by atoms with Gasteiger partial charge < -0.3 is 5.11 Å². The molecule has 0 aliphatic rings. The smallest absolute Gasteiger partial charge is 0.160 e. The molecule has 4 heteroatoms. The molecule has 0 amide bonds. The highest BCUT2D eigenvalue weighted by Crippen LogP contribution is 2.26. The number of pyridine rings is 1. The molecule has 0 radical (unpaired) electrons. The SMILES string of the molecule is O=Cc1cc(-c2cncc(O)c2)cs1. The number of aldehydes is 1. The fraction of sp³-hybridized carbons (Fsp3) is 0. The van der Waals surface area contributed by atoms with Crippen molar-refractivity contribution in [3.05, 3.63) is 34.8 Å². The van der Waals surface area contributed by atoms with E-state index in [4.69, 9.17) is 0 Å². The Morgan fingerprint density at radius 2 is 2.14 bits per heavy atom. The second-order valence-corrected chi connectivity index (χ2v) is 3.73. The van der Waals surface area contributed by atoms with Gasteiger partial charge in [-0.15, -0.1) is 11.3 Å². The summed E-state index contributed by atoms with van der Waals surface area (Å²) in [5, 5.41) is 11.1. The molecule has 2 aromatic rings. The van der Waals surface area contributed by atoms with Crippen LogP contribution in [-0.2, 0) is 0 Å². The second kappa shape index (κ2) is 3.59. The van der Waals surface area contributed by atoms with Gasteiger partial charge in [-0.05, 0) is 23.1 Å². The first-order valence-electron chi connectivity index (χ1n) is 3.97. The van der Waals surface area contributed by atoms with E-state index in [1.165, 1.54) is 17.5 Å². The van der Waals surface area contributed by atoms with Crippen LogP contribution < -0.4 is 0 Å². The summed E-state index contributed by atoms with van der Waals surface area (Å²) in [6, 6.07) is 3.39. The Hall–Kier alpha value is -1.68. The van der Waals surface area contributed by atoms with Gasteiger partial charge in [-0.1, -0.05) is 0 Å². The Bertz CT molecular complexity index is 465. The third-order valence-corrected chi connectivity index (χ3v) is 2.65. The van der Waals surface area contributed by atoms with E-state index in [1.54, 1.807) is 18.3 Å². The van der Waals surface area contributed by atoms with Crippen LogP contribution in [0.2, 0.25) is 0 Å². The fourth-order valence-electron chi connectivity index (χ4n) is 1.15. The van der Waals surface area contributed by atoms with Crippen molar-refractivity contribution >= 4 is 17.6 Å². The summed E-state index contributed by atoms with van der Waals surface area (Å²) in [4.78, 5) is 15.0. The van der Waals surface area contributed by atoms with Crippen molar-refractivity contribution in [2.45, 2.75) is 0 Å². The molecule has 1 N–H and O–H groups in total. The minimum atomic E-state index is 0.126. The molecule has 70 valence electrons. The predicted octanol–water partition coefficient (Wildman–Crippen LogP) is 2.33. The summed E-state index contributed by atoms with van der Waals surface area (Å²) in [6.45, 7) is 0. The number of carbonyl (C=O) groups is 1. The summed E-state index contributed by atoms with van der Waals surface area (Å²) >= 11 is 1.37. The van der Waals surface area contributed by atoms with E-state index < -0.39 is 0 Å². The number of aromatic nitrogens is 1. The van der Waals surface area contributed by atoms with E-state index in [-0.39, 0.29) is 5.75 Å². The highest BCUT2D eigenvalue weighted by molar-refractivity contribution is 7.12. The van der Waals surface area contributed by atoms with Crippen LogP contribution in [0.25, 0.3) is 11.1 Å². The van der Waals surface area contributed by atoms with E-state index in [9.17, 15) is 9.90 Å². The third-order valence-electron chi connectivity index (χ3n) is 1.79. The molecule has 3 nitrogen and oxygen atoms in total. The minimum absolute atomic E-state index is 0.126. The molecule has 0 spiro atoms. The van der Waals surface area contributed by atoms with Gasteiger partial charge in [0.15, 0.2) is 6.29 Å². The number of carbonyl (C=O) groups excluding carboxylic acids is 1. The van der Waals surface area contributed by atoms with Gasteiger partial charge in [0.2, 0.25) is 0 Å². The minimum Gasteiger partial charge on any atom is -0.506 e. The zero-order valence-corrected chi connectivity index (χ0v) is 7.99. The first-order valence-corrected chi connectivity index (χ1v) is 4.85. The molecule has 0 saturated carbocycles. The molecular formula is C10H7NO2S. The standard InChI is InChI=1S/C10H7NO2S/c12-5-10-2-8(6-14-10)7-1-9(13)4-11-3-7/h1-6,13H. The largest absolute Gasteiger partial charge is 0.506 e. The van der Waals surface area contributed by atoms with E-state index in [1.807, 2.05) is 5.38 Å². The molecule has 0 unspecified atom stereocenters. The van der Waals surface area contributed by atoms with Gasteiger partial charge in [0.25, 0.3) is 0 Å². The van der Waals surface area contributed by atoms with Crippen LogP contribution >= 0.6 is 11.3 Å². The van der Waals surface area contributed by atoms with Gasteiger partial charge in [0.05, 0.1) is 11.1 Å². The van der Waals surface area contributed by atoms with Crippen molar-refractivity contribution in [1.82, 2.24) is 4.98 Å². The summed E-state index contributed by atoms with van der Waals surface area (Å²) in [7, 11) is 0.